The van der Waals surface area contributed by atoms with E-state index in [4.69, 9.17) is 9.47 Å². The van der Waals surface area contributed by atoms with Gasteiger partial charge in [-0.3, -0.25) is 4.79 Å². The van der Waals surface area contributed by atoms with Gasteiger partial charge in [-0.15, -0.1) is 0 Å². The minimum absolute atomic E-state index is 0.207. The quantitative estimate of drug-likeness (QED) is 0.820. The summed E-state index contributed by atoms with van der Waals surface area (Å²) in [5, 5.41) is 0. The van der Waals surface area contributed by atoms with Crippen LogP contribution in [0.1, 0.15) is 42.6 Å². The maximum Gasteiger partial charge on any atom is 0.173 e. The van der Waals surface area contributed by atoms with Crippen molar-refractivity contribution in [2.75, 3.05) is 14.2 Å². The first-order valence-electron chi connectivity index (χ1n) is 6.42. The average molecular weight is 248 g/mol. The number of rotatable bonds is 4. The lowest BCUT2D eigenvalue weighted by Gasteiger charge is -2.23. The number of fused-ring (bicyclic) bond motifs is 1. The molecule has 2 rings (SSSR count). The van der Waals surface area contributed by atoms with E-state index in [1.54, 1.807) is 14.2 Å². The fourth-order valence-corrected chi connectivity index (χ4v) is 2.90. The van der Waals surface area contributed by atoms with E-state index < -0.39 is 0 Å². The Morgan fingerprint density at radius 2 is 1.67 bits per heavy atom. The molecule has 3 heteroatoms. The van der Waals surface area contributed by atoms with E-state index >= 15 is 0 Å². The van der Waals surface area contributed by atoms with Gasteiger partial charge in [0.15, 0.2) is 5.78 Å². The van der Waals surface area contributed by atoms with E-state index in [0.29, 0.717) is 5.75 Å². The van der Waals surface area contributed by atoms with Crippen molar-refractivity contribution >= 4 is 5.78 Å². The first-order valence-corrected chi connectivity index (χ1v) is 6.42. The number of Topliss-reactive ketones (excluding diaryl/α,β-unsaturated/α-hetero) is 1. The van der Waals surface area contributed by atoms with Crippen LogP contribution >= 0.6 is 0 Å². The number of methoxy groups -OCH3 is 2. The van der Waals surface area contributed by atoms with E-state index in [1.807, 2.05) is 12.1 Å². The third-order valence-electron chi connectivity index (χ3n) is 4.25. The summed E-state index contributed by atoms with van der Waals surface area (Å²) >= 11 is 0. The summed E-state index contributed by atoms with van der Waals surface area (Å²) < 4.78 is 10.7. The molecule has 0 spiro atoms. The number of benzene rings is 1. The smallest absolute Gasteiger partial charge is 0.173 e. The zero-order chi connectivity index (χ0) is 13.3. The van der Waals surface area contributed by atoms with Crippen LogP contribution in [0.25, 0.3) is 0 Å². The third kappa shape index (κ3) is 1.61. The molecule has 0 atom stereocenters. The second kappa shape index (κ2) is 4.63. The van der Waals surface area contributed by atoms with Crippen molar-refractivity contribution in [2.45, 2.75) is 33.1 Å². The lowest BCUT2D eigenvalue weighted by molar-refractivity contribution is 0.0802. The molecule has 0 radical (unpaired) electrons. The molecule has 0 aliphatic heterocycles. The van der Waals surface area contributed by atoms with Crippen molar-refractivity contribution in [2.24, 2.45) is 5.41 Å². The molecule has 3 nitrogen and oxygen atoms in total. The fraction of sp³-hybridized carbons (Fsp3) is 0.533. The number of ketones is 1. The fourth-order valence-electron chi connectivity index (χ4n) is 2.90. The van der Waals surface area contributed by atoms with Crippen LogP contribution in [-0.2, 0) is 6.42 Å². The first kappa shape index (κ1) is 12.9. The highest BCUT2D eigenvalue weighted by molar-refractivity contribution is 6.07. The van der Waals surface area contributed by atoms with Crippen LogP contribution in [0.5, 0.6) is 11.5 Å². The molecule has 0 unspecified atom stereocenters. The van der Waals surface area contributed by atoms with E-state index in [9.17, 15) is 4.79 Å². The molecule has 0 heterocycles. The molecule has 0 saturated carbocycles. The highest BCUT2D eigenvalue weighted by Gasteiger charge is 2.45. The number of carbonyl (C=O) groups excluding carboxylic acids is 1. The molecule has 0 N–H and O–H groups in total. The molecular formula is C15H20O3. The van der Waals surface area contributed by atoms with Gasteiger partial charge in [0.05, 0.1) is 19.8 Å². The minimum atomic E-state index is -0.274. The van der Waals surface area contributed by atoms with Gasteiger partial charge in [-0.25, -0.2) is 0 Å². The first-order chi connectivity index (χ1) is 8.63. The predicted octanol–water partition coefficient (Wildman–Crippen LogP) is 3.25. The van der Waals surface area contributed by atoms with Gasteiger partial charge in [-0.05, 0) is 31.4 Å². The van der Waals surface area contributed by atoms with Crippen LogP contribution in [0, 0.1) is 5.41 Å². The monoisotopic (exact) mass is 248 g/mol. The van der Waals surface area contributed by atoms with E-state index in [-0.39, 0.29) is 11.2 Å². The van der Waals surface area contributed by atoms with Crippen molar-refractivity contribution in [3.8, 4) is 11.5 Å². The Bertz CT molecular complexity index is 473. The Labute approximate surface area is 108 Å². The second-order valence-corrected chi connectivity index (χ2v) is 4.82. The highest BCUT2D eigenvalue weighted by Crippen LogP contribution is 2.48. The van der Waals surface area contributed by atoms with Gasteiger partial charge in [0.25, 0.3) is 0 Å². The number of ether oxygens (including phenoxy) is 2. The molecule has 1 aromatic rings. The average Bonchev–Trinajstić information content (AvgIpc) is 2.72. The summed E-state index contributed by atoms with van der Waals surface area (Å²) in [6, 6.07) is 3.70. The van der Waals surface area contributed by atoms with Gasteiger partial charge in [-0.2, -0.15) is 0 Å². The highest BCUT2D eigenvalue weighted by atomic mass is 16.5. The normalized spacial score (nSPS) is 16.6. The maximum atomic E-state index is 12.7. The van der Waals surface area contributed by atoms with Gasteiger partial charge in [-0.1, -0.05) is 13.8 Å². The van der Waals surface area contributed by atoms with Crippen LogP contribution in [0.3, 0.4) is 0 Å². The van der Waals surface area contributed by atoms with Crippen molar-refractivity contribution < 1.29 is 14.3 Å². The number of carbonyl (C=O) groups is 1. The van der Waals surface area contributed by atoms with Gasteiger partial charge in [0.1, 0.15) is 11.5 Å². The van der Waals surface area contributed by atoms with Crippen LogP contribution in [0.4, 0.5) is 0 Å². The second-order valence-electron chi connectivity index (χ2n) is 4.82. The van der Waals surface area contributed by atoms with Crippen LogP contribution in [0.15, 0.2) is 12.1 Å². The zero-order valence-corrected chi connectivity index (χ0v) is 11.5. The summed E-state index contributed by atoms with van der Waals surface area (Å²) in [5.74, 6) is 1.67. The molecule has 98 valence electrons. The summed E-state index contributed by atoms with van der Waals surface area (Å²) in [4.78, 5) is 12.7. The molecule has 0 fully saturated rings. The molecule has 18 heavy (non-hydrogen) atoms. The van der Waals surface area contributed by atoms with Crippen molar-refractivity contribution in [3.05, 3.63) is 23.3 Å². The standard InChI is InChI=1S/C15H20O3/c1-5-15(6-2)9-10-11(17-3)7-8-12(18-4)13(10)14(15)16/h7-8H,5-6,9H2,1-4H3. The van der Waals surface area contributed by atoms with Gasteiger partial charge in [0, 0.05) is 11.0 Å². The van der Waals surface area contributed by atoms with E-state index in [0.717, 1.165) is 36.1 Å². The molecule has 0 saturated heterocycles. The minimum Gasteiger partial charge on any atom is -0.496 e. The molecule has 0 bridgehead atoms. The SMILES string of the molecule is CCC1(CC)Cc2c(OC)ccc(OC)c2C1=O. The van der Waals surface area contributed by atoms with Crippen molar-refractivity contribution in [1.29, 1.82) is 0 Å². The Hall–Kier alpha value is -1.51. The maximum absolute atomic E-state index is 12.7. The molecule has 0 aromatic heterocycles. The molecule has 0 amide bonds. The van der Waals surface area contributed by atoms with Crippen LogP contribution < -0.4 is 9.47 Å². The largest absolute Gasteiger partial charge is 0.496 e. The molecule has 1 aromatic carbocycles. The summed E-state index contributed by atoms with van der Waals surface area (Å²) in [6.07, 6.45) is 2.46. The summed E-state index contributed by atoms with van der Waals surface area (Å²) in [7, 11) is 3.25. The Morgan fingerprint density at radius 1 is 1.11 bits per heavy atom. The topological polar surface area (TPSA) is 35.5 Å². The van der Waals surface area contributed by atoms with Crippen molar-refractivity contribution in [1.82, 2.24) is 0 Å². The lowest BCUT2D eigenvalue weighted by Crippen LogP contribution is -2.26. The zero-order valence-electron chi connectivity index (χ0n) is 11.5. The Kier molecular flexibility index (Phi) is 3.33. The Balaban J connectivity index is 2.62. The van der Waals surface area contributed by atoms with Crippen molar-refractivity contribution in [3.63, 3.8) is 0 Å². The van der Waals surface area contributed by atoms with Gasteiger partial charge < -0.3 is 9.47 Å². The van der Waals surface area contributed by atoms with Crippen LogP contribution in [-0.4, -0.2) is 20.0 Å². The third-order valence-corrected chi connectivity index (χ3v) is 4.25. The summed E-state index contributed by atoms with van der Waals surface area (Å²) in [6.45, 7) is 4.15. The lowest BCUT2D eigenvalue weighted by atomic mass is 9.78. The predicted molar refractivity (Wildman–Crippen MR) is 70.6 cm³/mol. The molecule has 1 aliphatic rings. The number of hydrogen-bond donors (Lipinski definition) is 0. The molecule has 1 aliphatic carbocycles. The molecular weight excluding hydrogens is 228 g/mol. The van der Waals surface area contributed by atoms with Crippen LogP contribution in [0.2, 0.25) is 0 Å². The Morgan fingerprint density at radius 3 is 2.17 bits per heavy atom. The number of hydrogen-bond acceptors (Lipinski definition) is 3. The summed E-state index contributed by atoms with van der Waals surface area (Å²) in [5.41, 5.74) is 1.45. The van der Waals surface area contributed by atoms with Gasteiger partial charge >= 0.3 is 0 Å². The van der Waals surface area contributed by atoms with Gasteiger partial charge in [0.2, 0.25) is 0 Å². The van der Waals surface area contributed by atoms with E-state index in [1.165, 1.54) is 0 Å². The van der Waals surface area contributed by atoms with E-state index in [2.05, 4.69) is 13.8 Å².